The van der Waals surface area contributed by atoms with Gasteiger partial charge in [-0.3, -0.25) is 0 Å². The number of nitrogens with two attached hydrogens (primary N) is 1. The summed E-state index contributed by atoms with van der Waals surface area (Å²) in [6.07, 6.45) is 7.12. The van der Waals surface area contributed by atoms with Crippen molar-refractivity contribution in [3.8, 4) is 11.9 Å². The Morgan fingerprint density at radius 1 is 1.33 bits per heavy atom. The molecule has 0 radical (unpaired) electrons. The lowest BCUT2D eigenvalue weighted by Gasteiger charge is -2.21. The van der Waals surface area contributed by atoms with Crippen LogP contribution in [0.2, 0.25) is 0 Å². The predicted octanol–water partition coefficient (Wildman–Crippen LogP) is 2.29. The summed E-state index contributed by atoms with van der Waals surface area (Å²) in [6, 6.07) is 0.392. The monoisotopic (exact) mass is 315 g/mol. The van der Waals surface area contributed by atoms with Gasteiger partial charge in [0.2, 0.25) is 5.88 Å². The van der Waals surface area contributed by atoms with Crippen LogP contribution in [0.1, 0.15) is 32.1 Å². The molecule has 0 aromatic carbocycles. The van der Waals surface area contributed by atoms with E-state index in [0.29, 0.717) is 16.4 Å². The Labute approximate surface area is 115 Å². The van der Waals surface area contributed by atoms with E-state index in [9.17, 15) is 0 Å². The lowest BCUT2D eigenvalue weighted by Crippen LogP contribution is -2.38. The maximum Gasteiger partial charge on any atom is 0.320 e. The maximum atomic E-state index is 6.11. The van der Waals surface area contributed by atoms with Gasteiger partial charge in [-0.25, -0.2) is 4.98 Å². The van der Waals surface area contributed by atoms with Crippen molar-refractivity contribution in [3.63, 3.8) is 0 Å². The number of aromatic nitrogens is 2. The van der Waals surface area contributed by atoms with Gasteiger partial charge in [-0.1, -0.05) is 12.8 Å². The molecule has 5 nitrogen and oxygen atoms in total. The van der Waals surface area contributed by atoms with Gasteiger partial charge in [0.25, 0.3) is 0 Å². The molecule has 0 spiro atoms. The number of methoxy groups -OCH3 is 1. The third-order valence-electron chi connectivity index (χ3n) is 3.14. The minimum Gasteiger partial charge on any atom is -0.480 e. The van der Waals surface area contributed by atoms with Crippen molar-refractivity contribution in [2.75, 3.05) is 7.11 Å². The van der Waals surface area contributed by atoms with Crippen LogP contribution in [0.3, 0.4) is 0 Å². The summed E-state index contributed by atoms with van der Waals surface area (Å²) in [5.41, 5.74) is 6.11. The number of hydrogen-bond acceptors (Lipinski definition) is 5. The Balaban J connectivity index is 2.07. The average Bonchev–Trinajstić information content (AvgIpc) is 2.57. The first kappa shape index (κ1) is 13.5. The maximum absolute atomic E-state index is 6.11. The molecule has 0 aliphatic heterocycles. The molecular weight excluding hydrogens is 298 g/mol. The number of ether oxygens (including phenoxy) is 2. The summed E-state index contributed by atoms with van der Waals surface area (Å²) < 4.78 is 11.6. The fourth-order valence-corrected chi connectivity index (χ4v) is 2.47. The highest BCUT2D eigenvalue weighted by molar-refractivity contribution is 9.10. The Bertz CT molecular complexity index is 403. The third-order valence-corrected chi connectivity index (χ3v) is 3.69. The number of hydrogen-bond donors (Lipinski definition) is 1. The Morgan fingerprint density at radius 2 is 2.11 bits per heavy atom. The highest BCUT2D eigenvalue weighted by atomic mass is 79.9. The molecule has 2 atom stereocenters. The second-order valence-electron chi connectivity index (χ2n) is 4.47. The standard InChI is InChI=1S/C12H18BrN3O2/c1-17-11-8(13)7-15-12(16-11)18-10-6-4-2-3-5-9(10)14/h7,9-10H,2-6,14H2,1H3. The van der Waals surface area contributed by atoms with Crippen molar-refractivity contribution < 1.29 is 9.47 Å². The normalized spacial score (nSPS) is 24.4. The number of nitrogens with zero attached hydrogens (tertiary/aromatic N) is 2. The highest BCUT2D eigenvalue weighted by Crippen LogP contribution is 2.25. The van der Waals surface area contributed by atoms with Gasteiger partial charge in [-0.15, -0.1) is 0 Å². The smallest absolute Gasteiger partial charge is 0.320 e. The molecule has 0 bridgehead atoms. The van der Waals surface area contributed by atoms with Crippen LogP contribution in [0.5, 0.6) is 11.9 Å². The molecule has 1 aromatic rings. The zero-order chi connectivity index (χ0) is 13.0. The average molecular weight is 316 g/mol. The van der Waals surface area contributed by atoms with Gasteiger partial charge in [-0.2, -0.15) is 4.98 Å². The molecular formula is C12H18BrN3O2. The Hall–Kier alpha value is -0.880. The van der Waals surface area contributed by atoms with Gasteiger partial charge in [0.05, 0.1) is 17.8 Å². The van der Waals surface area contributed by atoms with Crippen molar-refractivity contribution in [1.82, 2.24) is 9.97 Å². The summed E-state index contributed by atoms with van der Waals surface area (Å²) in [4.78, 5) is 8.32. The molecule has 1 aromatic heterocycles. The molecule has 1 saturated carbocycles. The van der Waals surface area contributed by atoms with E-state index in [2.05, 4.69) is 25.9 Å². The van der Waals surface area contributed by atoms with Gasteiger partial charge in [0, 0.05) is 6.04 Å². The van der Waals surface area contributed by atoms with E-state index in [0.717, 1.165) is 19.3 Å². The fourth-order valence-electron chi connectivity index (χ4n) is 2.12. The molecule has 1 aliphatic rings. The van der Waals surface area contributed by atoms with E-state index < -0.39 is 0 Å². The van der Waals surface area contributed by atoms with Crippen LogP contribution in [-0.2, 0) is 0 Å². The third kappa shape index (κ3) is 3.32. The van der Waals surface area contributed by atoms with E-state index in [-0.39, 0.29) is 12.1 Å². The second-order valence-corrected chi connectivity index (χ2v) is 5.32. The lowest BCUT2D eigenvalue weighted by atomic mass is 10.1. The molecule has 18 heavy (non-hydrogen) atoms. The van der Waals surface area contributed by atoms with Gasteiger partial charge in [0.15, 0.2) is 0 Å². The lowest BCUT2D eigenvalue weighted by molar-refractivity contribution is 0.147. The van der Waals surface area contributed by atoms with E-state index in [1.165, 1.54) is 12.8 Å². The van der Waals surface area contributed by atoms with Crippen LogP contribution in [0, 0.1) is 0 Å². The number of rotatable bonds is 3. The summed E-state index contributed by atoms with van der Waals surface area (Å²) in [6.45, 7) is 0. The Morgan fingerprint density at radius 3 is 2.89 bits per heavy atom. The van der Waals surface area contributed by atoms with Gasteiger partial charge < -0.3 is 15.2 Å². The van der Waals surface area contributed by atoms with E-state index >= 15 is 0 Å². The molecule has 2 unspecified atom stereocenters. The summed E-state index contributed by atoms with van der Waals surface area (Å²) >= 11 is 3.31. The quantitative estimate of drug-likeness (QED) is 0.866. The van der Waals surface area contributed by atoms with Crippen molar-refractivity contribution in [2.24, 2.45) is 5.73 Å². The van der Waals surface area contributed by atoms with Crippen LogP contribution in [0.4, 0.5) is 0 Å². The van der Waals surface area contributed by atoms with E-state index in [1.54, 1.807) is 13.3 Å². The van der Waals surface area contributed by atoms with Gasteiger partial charge in [-0.05, 0) is 35.2 Å². The van der Waals surface area contributed by atoms with Crippen LogP contribution in [0.15, 0.2) is 10.7 Å². The van der Waals surface area contributed by atoms with Crippen LogP contribution in [-0.4, -0.2) is 29.2 Å². The molecule has 6 heteroatoms. The topological polar surface area (TPSA) is 70.3 Å². The molecule has 1 heterocycles. The van der Waals surface area contributed by atoms with Crippen molar-refractivity contribution in [2.45, 2.75) is 44.2 Å². The van der Waals surface area contributed by atoms with Crippen LogP contribution in [0.25, 0.3) is 0 Å². The van der Waals surface area contributed by atoms with Gasteiger partial charge >= 0.3 is 6.01 Å². The molecule has 2 N–H and O–H groups in total. The van der Waals surface area contributed by atoms with Gasteiger partial charge in [0.1, 0.15) is 6.10 Å². The predicted molar refractivity (Wildman–Crippen MR) is 71.8 cm³/mol. The first-order valence-electron chi connectivity index (χ1n) is 6.19. The minimum absolute atomic E-state index is 0.00150. The first-order chi connectivity index (χ1) is 8.70. The SMILES string of the molecule is COc1nc(OC2CCCCCC2N)ncc1Br. The van der Waals surface area contributed by atoms with E-state index in [4.69, 9.17) is 15.2 Å². The molecule has 1 fully saturated rings. The Kier molecular flexibility index (Phi) is 4.77. The first-order valence-corrected chi connectivity index (χ1v) is 6.99. The summed E-state index contributed by atoms with van der Waals surface area (Å²) in [7, 11) is 1.56. The van der Waals surface area contributed by atoms with Crippen molar-refractivity contribution >= 4 is 15.9 Å². The largest absolute Gasteiger partial charge is 0.480 e. The molecule has 100 valence electrons. The summed E-state index contributed by atoms with van der Waals surface area (Å²) in [5, 5.41) is 0. The zero-order valence-corrected chi connectivity index (χ0v) is 12.0. The molecule has 0 saturated heterocycles. The molecule has 0 amide bonds. The molecule has 1 aliphatic carbocycles. The highest BCUT2D eigenvalue weighted by Gasteiger charge is 2.23. The van der Waals surface area contributed by atoms with Crippen molar-refractivity contribution in [1.29, 1.82) is 0 Å². The zero-order valence-electron chi connectivity index (χ0n) is 10.4. The van der Waals surface area contributed by atoms with E-state index in [1.807, 2.05) is 0 Å². The minimum atomic E-state index is -0.00150. The van der Waals surface area contributed by atoms with Crippen LogP contribution >= 0.6 is 15.9 Å². The van der Waals surface area contributed by atoms with Crippen molar-refractivity contribution in [3.05, 3.63) is 10.7 Å². The summed E-state index contributed by atoms with van der Waals surface area (Å²) in [5.74, 6) is 0.474. The fraction of sp³-hybridized carbons (Fsp3) is 0.667. The second kappa shape index (κ2) is 6.33. The van der Waals surface area contributed by atoms with Crippen LogP contribution < -0.4 is 15.2 Å². The number of halogens is 1. The molecule has 2 rings (SSSR count).